The van der Waals surface area contributed by atoms with E-state index in [2.05, 4.69) is 39.0 Å². The fraction of sp³-hybridized carbons (Fsp3) is 0.462. The van der Waals surface area contributed by atoms with E-state index in [9.17, 15) is 9.90 Å². The highest BCUT2D eigenvalue weighted by Crippen LogP contribution is 2.36. The zero-order chi connectivity index (χ0) is 20.9. The molecule has 1 saturated carbocycles. The van der Waals surface area contributed by atoms with E-state index in [1.807, 2.05) is 24.3 Å². The molecule has 0 aliphatic heterocycles. The lowest BCUT2D eigenvalue weighted by Gasteiger charge is -2.31. The van der Waals surface area contributed by atoms with E-state index in [1.165, 1.54) is 12.8 Å². The van der Waals surface area contributed by atoms with Crippen molar-refractivity contribution in [3.63, 3.8) is 0 Å². The first-order chi connectivity index (χ1) is 13.9. The lowest BCUT2D eigenvalue weighted by Crippen LogP contribution is -2.33. The smallest absolute Gasteiger partial charge is 0.168 e. The van der Waals surface area contributed by atoms with E-state index in [0.717, 1.165) is 47.9 Å². The quantitative estimate of drug-likeness (QED) is 0.328. The predicted molar refractivity (Wildman–Crippen MR) is 122 cm³/mol. The second kappa shape index (κ2) is 9.39. The molecule has 0 radical (unpaired) electrons. The normalized spacial score (nSPS) is 19.7. The number of carbonyl (C=O) groups excluding carboxylic acids is 1. The molecule has 0 unspecified atom stereocenters. The van der Waals surface area contributed by atoms with Crippen molar-refractivity contribution in [2.24, 2.45) is 10.4 Å². The van der Waals surface area contributed by atoms with Gasteiger partial charge in [0.2, 0.25) is 0 Å². The van der Waals surface area contributed by atoms with E-state index in [4.69, 9.17) is 4.99 Å². The van der Waals surface area contributed by atoms with E-state index >= 15 is 0 Å². The third kappa shape index (κ3) is 5.35. The summed E-state index contributed by atoms with van der Waals surface area (Å²) in [6.07, 6.45) is 6.15. The van der Waals surface area contributed by atoms with Gasteiger partial charge in [0.05, 0.1) is 5.57 Å². The van der Waals surface area contributed by atoms with Crippen LogP contribution in [0, 0.1) is 5.41 Å². The maximum absolute atomic E-state index is 13.0. The Balaban J connectivity index is 1.91. The fourth-order valence-electron chi connectivity index (χ4n) is 4.22. The van der Waals surface area contributed by atoms with E-state index in [0.29, 0.717) is 18.4 Å². The van der Waals surface area contributed by atoms with Gasteiger partial charge in [-0.3, -0.25) is 9.79 Å². The van der Waals surface area contributed by atoms with Crippen LogP contribution < -0.4 is 0 Å². The summed E-state index contributed by atoms with van der Waals surface area (Å²) < 4.78 is 0. The van der Waals surface area contributed by atoms with Crippen LogP contribution in [0.2, 0.25) is 0 Å². The van der Waals surface area contributed by atoms with Crippen LogP contribution in [-0.4, -0.2) is 23.1 Å². The zero-order valence-electron chi connectivity index (χ0n) is 18.0. The fourth-order valence-corrected chi connectivity index (χ4v) is 4.22. The summed E-state index contributed by atoms with van der Waals surface area (Å²) in [5.41, 5.74) is 2.18. The maximum Gasteiger partial charge on any atom is 0.168 e. The van der Waals surface area contributed by atoms with Crippen LogP contribution in [0.1, 0.15) is 64.9 Å². The molecule has 0 atom stereocenters. The summed E-state index contributed by atoms with van der Waals surface area (Å²) in [4.78, 5) is 17.7. The Bertz CT molecular complexity index is 931. The van der Waals surface area contributed by atoms with Crippen molar-refractivity contribution in [2.45, 2.75) is 65.7 Å². The van der Waals surface area contributed by atoms with Gasteiger partial charge in [-0.15, -0.1) is 0 Å². The summed E-state index contributed by atoms with van der Waals surface area (Å²) in [6.45, 7) is 7.14. The van der Waals surface area contributed by atoms with Gasteiger partial charge in [-0.1, -0.05) is 82.5 Å². The number of hydrogen-bond donors (Lipinski definition) is 1. The highest BCUT2D eigenvalue weighted by molar-refractivity contribution is 6.24. The molecule has 0 saturated heterocycles. The van der Waals surface area contributed by atoms with Gasteiger partial charge in [0.15, 0.2) is 5.78 Å². The van der Waals surface area contributed by atoms with Crippen LogP contribution in [0.4, 0.5) is 0 Å². The van der Waals surface area contributed by atoms with Gasteiger partial charge in [0.1, 0.15) is 5.76 Å². The van der Waals surface area contributed by atoms with Gasteiger partial charge in [-0.2, -0.15) is 0 Å². The Morgan fingerprint density at radius 2 is 1.79 bits per heavy atom. The third-order valence-corrected chi connectivity index (χ3v) is 5.69. The van der Waals surface area contributed by atoms with Crippen LogP contribution in [-0.2, 0) is 11.2 Å². The molecule has 1 N–H and O–H groups in total. The SMILES string of the molecule is CCCCCCN=C1CC(C)(C)CC(=O)/C1=C(/O)Cc1cccc2ccccc12. The Labute approximate surface area is 174 Å². The number of Topliss-reactive ketones (excluding diaryl/α,β-unsaturated/α-hetero) is 1. The number of aliphatic hydroxyl groups excluding tert-OH is 1. The molecule has 2 aromatic carbocycles. The minimum Gasteiger partial charge on any atom is -0.511 e. The van der Waals surface area contributed by atoms with Gasteiger partial charge < -0.3 is 5.11 Å². The van der Waals surface area contributed by atoms with Crippen LogP contribution in [0.25, 0.3) is 10.8 Å². The number of unbranched alkanes of at least 4 members (excludes halogenated alkanes) is 3. The van der Waals surface area contributed by atoms with Gasteiger partial charge in [0.25, 0.3) is 0 Å². The van der Waals surface area contributed by atoms with E-state index < -0.39 is 0 Å². The number of fused-ring (bicyclic) bond motifs is 1. The molecule has 1 aliphatic rings. The minimum absolute atomic E-state index is 0.0197. The number of aliphatic hydroxyl groups is 1. The molecular formula is C26H33NO2. The Morgan fingerprint density at radius 3 is 2.59 bits per heavy atom. The highest BCUT2D eigenvalue weighted by Gasteiger charge is 2.36. The Hall–Kier alpha value is -2.42. The molecule has 1 fully saturated rings. The molecule has 154 valence electrons. The molecule has 3 heteroatoms. The molecule has 3 rings (SSSR count). The molecule has 0 spiro atoms. The van der Waals surface area contributed by atoms with Crippen LogP contribution in [0.5, 0.6) is 0 Å². The largest absolute Gasteiger partial charge is 0.511 e. The molecule has 1 aliphatic carbocycles. The van der Waals surface area contributed by atoms with Crippen LogP contribution in [0.3, 0.4) is 0 Å². The van der Waals surface area contributed by atoms with Crippen LogP contribution in [0.15, 0.2) is 58.8 Å². The molecule has 0 aromatic heterocycles. The molecule has 0 bridgehead atoms. The van der Waals surface area contributed by atoms with Crippen molar-refractivity contribution in [3.8, 4) is 0 Å². The number of benzene rings is 2. The number of carbonyl (C=O) groups is 1. The topological polar surface area (TPSA) is 49.7 Å². The molecule has 29 heavy (non-hydrogen) atoms. The first kappa shape index (κ1) is 21.3. The van der Waals surface area contributed by atoms with Crippen molar-refractivity contribution in [3.05, 3.63) is 59.4 Å². The Morgan fingerprint density at radius 1 is 1.03 bits per heavy atom. The van der Waals surface area contributed by atoms with Gasteiger partial charge in [-0.05, 0) is 34.6 Å². The number of nitrogens with zero attached hydrogens (tertiary/aromatic N) is 1. The Kier molecular flexibility index (Phi) is 6.89. The summed E-state index contributed by atoms with van der Waals surface area (Å²) >= 11 is 0. The maximum atomic E-state index is 13.0. The number of ketones is 1. The predicted octanol–water partition coefficient (Wildman–Crippen LogP) is 6.60. The van der Waals surface area contributed by atoms with Gasteiger partial charge >= 0.3 is 0 Å². The lowest BCUT2D eigenvalue weighted by molar-refractivity contribution is -0.117. The lowest BCUT2D eigenvalue weighted by atomic mass is 9.73. The second-order valence-corrected chi connectivity index (χ2v) is 8.97. The number of aliphatic imine (C=N–C) groups is 1. The third-order valence-electron chi connectivity index (χ3n) is 5.69. The minimum atomic E-state index is -0.109. The van der Waals surface area contributed by atoms with Gasteiger partial charge in [0, 0.05) is 25.1 Å². The first-order valence-electron chi connectivity index (χ1n) is 10.9. The average molecular weight is 392 g/mol. The first-order valence-corrected chi connectivity index (χ1v) is 10.9. The summed E-state index contributed by atoms with van der Waals surface area (Å²) in [5, 5.41) is 13.3. The average Bonchev–Trinajstić information content (AvgIpc) is 2.67. The molecule has 0 heterocycles. The zero-order valence-corrected chi connectivity index (χ0v) is 18.0. The monoisotopic (exact) mass is 391 g/mol. The molecule has 0 amide bonds. The number of allylic oxidation sites excluding steroid dienone is 2. The van der Waals surface area contributed by atoms with Crippen molar-refractivity contribution in [1.29, 1.82) is 0 Å². The second-order valence-electron chi connectivity index (χ2n) is 8.97. The van der Waals surface area contributed by atoms with Crippen molar-refractivity contribution >= 4 is 22.3 Å². The molecule has 3 nitrogen and oxygen atoms in total. The highest BCUT2D eigenvalue weighted by atomic mass is 16.3. The summed E-state index contributed by atoms with van der Waals surface area (Å²) in [7, 11) is 0. The number of rotatable bonds is 7. The number of hydrogen-bond acceptors (Lipinski definition) is 3. The van der Waals surface area contributed by atoms with E-state index in [1.54, 1.807) is 0 Å². The van der Waals surface area contributed by atoms with Crippen LogP contribution >= 0.6 is 0 Å². The van der Waals surface area contributed by atoms with Crippen molar-refractivity contribution in [1.82, 2.24) is 0 Å². The summed E-state index contributed by atoms with van der Waals surface area (Å²) in [5.74, 6) is 0.181. The standard InChI is InChI=1S/C26H33NO2/c1-4-5-6-9-15-27-22-17-26(2,3)18-24(29)25(22)23(28)16-20-13-10-12-19-11-7-8-14-21(19)20/h7-8,10-14,28H,4-6,9,15-18H2,1-3H3/b25-23+,27-22?. The molecular weight excluding hydrogens is 358 g/mol. The molecule has 2 aromatic rings. The van der Waals surface area contributed by atoms with Crippen molar-refractivity contribution in [2.75, 3.05) is 6.54 Å². The van der Waals surface area contributed by atoms with Crippen molar-refractivity contribution < 1.29 is 9.90 Å². The summed E-state index contributed by atoms with van der Waals surface area (Å²) in [6, 6.07) is 14.3. The van der Waals surface area contributed by atoms with E-state index in [-0.39, 0.29) is 17.0 Å². The van der Waals surface area contributed by atoms with Gasteiger partial charge in [-0.25, -0.2) is 0 Å².